The van der Waals surface area contributed by atoms with Crippen LogP contribution in [0, 0.1) is 5.82 Å². The average molecular weight is 350 g/mol. The molecule has 126 valence electrons. The molecule has 0 saturated heterocycles. The Morgan fingerprint density at radius 1 is 1.00 bits per heavy atom. The van der Waals surface area contributed by atoms with E-state index in [2.05, 4.69) is 21.2 Å². The van der Waals surface area contributed by atoms with E-state index >= 15 is 0 Å². The maximum absolute atomic E-state index is 13.4. The molecule has 0 spiro atoms. The van der Waals surface area contributed by atoms with E-state index in [1.54, 1.807) is 24.4 Å². The van der Waals surface area contributed by atoms with Gasteiger partial charge in [0.25, 0.3) is 5.91 Å². The number of aromatic amines is 1. The summed E-state index contributed by atoms with van der Waals surface area (Å²) in [5, 5.41) is 2.41. The summed E-state index contributed by atoms with van der Waals surface area (Å²) in [5.74, 6) is -1.94. The van der Waals surface area contributed by atoms with Crippen molar-refractivity contribution in [2.75, 3.05) is 16.8 Å². The Morgan fingerprint density at radius 2 is 1.75 bits per heavy atom. The number of rotatable bonds is 6. The van der Waals surface area contributed by atoms with Gasteiger partial charge in [-0.1, -0.05) is 12.1 Å². The smallest absolute Gasteiger partial charge is 0.286 e. The largest absolute Gasteiger partial charge is 0.357 e. The molecule has 2 aromatic rings. The van der Waals surface area contributed by atoms with E-state index in [-0.39, 0.29) is 17.2 Å². The van der Waals surface area contributed by atoms with E-state index in [0.717, 1.165) is 11.8 Å². The number of hydrazine groups is 1. The third kappa shape index (κ3) is 5.43. The number of carbonyl (C=O) groups is 3. The summed E-state index contributed by atoms with van der Waals surface area (Å²) >= 11 is 1.04. The van der Waals surface area contributed by atoms with Gasteiger partial charge in [-0.15, -0.1) is 11.8 Å². The minimum Gasteiger partial charge on any atom is -0.357 e. The highest BCUT2D eigenvalue weighted by atomic mass is 32.2. The summed E-state index contributed by atoms with van der Waals surface area (Å²) in [5.41, 5.74) is 4.87. The van der Waals surface area contributed by atoms with Gasteiger partial charge >= 0.3 is 0 Å². The first-order valence-corrected chi connectivity index (χ1v) is 8.06. The summed E-state index contributed by atoms with van der Waals surface area (Å²) < 4.78 is 13.4. The van der Waals surface area contributed by atoms with Gasteiger partial charge in [0.1, 0.15) is 11.5 Å². The standard InChI is InChI=1S/C15H15FN4O3S/c16-10-4-1-2-5-11(10)18-13(21)8-24-9-14(22)19-20-15(23)12-6-3-7-17-12/h1-7,17H,8-9H2,(H,18,21)(H,19,22)(H,20,23). The number of aromatic nitrogens is 1. The van der Waals surface area contributed by atoms with Gasteiger partial charge in [0.15, 0.2) is 0 Å². The number of amides is 3. The van der Waals surface area contributed by atoms with Gasteiger partial charge in [0.05, 0.1) is 17.2 Å². The Kier molecular flexibility index (Phi) is 6.38. The number of carbonyl (C=O) groups excluding carboxylic acids is 3. The molecule has 3 amide bonds. The molecule has 0 saturated carbocycles. The third-order valence-corrected chi connectivity index (χ3v) is 3.70. The fourth-order valence-corrected chi connectivity index (χ4v) is 2.30. The summed E-state index contributed by atoms with van der Waals surface area (Å²) in [7, 11) is 0. The predicted molar refractivity (Wildman–Crippen MR) is 88.8 cm³/mol. The Hall–Kier alpha value is -2.81. The molecule has 0 aliphatic heterocycles. The molecule has 0 aliphatic carbocycles. The second kappa shape index (κ2) is 8.73. The highest BCUT2D eigenvalue weighted by Gasteiger charge is 2.10. The van der Waals surface area contributed by atoms with Crippen LogP contribution in [0.15, 0.2) is 42.6 Å². The number of anilines is 1. The van der Waals surface area contributed by atoms with Crippen molar-refractivity contribution in [3.05, 3.63) is 54.1 Å². The lowest BCUT2D eigenvalue weighted by Crippen LogP contribution is -2.42. The minimum absolute atomic E-state index is 0.0215. The zero-order chi connectivity index (χ0) is 17.4. The molecule has 0 fully saturated rings. The normalized spacial score (nSPS) is 10.0. The second-order valence-corrected chi connectivity index (χ2v) is 5.59. The second-order valence-electron chi connectivity index (χ2n) is 4.61. The first kappa shape index (κ1) is 17.5. The number of thioether (sulfide) groups is 1. The fourth-order valence-electron chi connectivity index (χ4n) is 1.69. The Balaban J connectivity index is 1.64. The van der Waals surface area contributed by atoms with Gasteiger partial charge in [-0.25, -0.2) is 4.39 Å². The number of para-hydroxylation sites is 1. The number of hydrogen-bond donors (Lipinski definition) is 4. The van der Waals surface area contributed by atoms with Crippen molar-refractivity contribution in [2.45, 2.75) is 0 Å². The summed E-state index contributed by atoms with van der Waals surface area (Å²) in [6.45, 7) is 0. The van der Waals surface area contributed by atoms with Crippen LogP contribution in [-0.4, -0.2) is 34.2 Å². The molecule has 1 aromatic heterocycles. The molecule has 9 heteroatoms. The van der Waals surface area contributed by atoms with Crippen LogP contribution in [0.4, 0.5) is 10.1 Å². The van der Waals surface area contributed by atoms with Crippen LogP contribution >= 0.6 is 11.8 Å². The van der Waals surface area contributed by atoms with Crippen molar-refractivity contribution < 1.29 is 18.8 Å². The number of benzene rings is 1. The number of hydrogen-bond acceptors (Lipinski definition) is 4. The van der Waals surface area contributed by atoms with Crippen molar-refractivity contribution in [2.24, 2.45) is 0 Å². The quantitative estimate of drug-likeness (QED) is 0.589. The number of halogens is 1. The molecule has 0 unspecified atom stereocenters. The maximum atomic E-state index is 13.4. The van der Waals surface area contributed by atoms with Crippen LogP contribution < -0.4 is 16.2 Å². The molecule has 0 radical (unpaired) electrons. The topological polar surface area (TPSA) is 103 Å². The van der Waals surface area contributed by atoms with E-state index in [1.165, 1.54) is 18.2 Å². The monoisotopic (exact) mass is 350 g/mol. The number of H-pyrrole nitrogens is 1. The third-order valence-electron chi connectivity index (χ3n) is 2.77. The lowest BCUT2D eigenvalue weighted by molar-refractivity contribution is -0.119. The highest BCUT2D eigenvalue weighted by Crippen LogP contribution is 2.12. The van der Waals surface area contributed by atoms with Crippen molar-refractivity contribution in [3.8, 4) is 0 Å². The van der Waals surface area contributed by atoms with Crippen LogP contribution in [0.5, 0.6) is 0 Å². The summed E-state index contributed by atoms with van der Waals surface area (Å²) in [6, 6.07) is 9.02. The van der Waals surface area contributed by atoms with Gasteiger partial charge in [-0.2, -0.15) is 0 Å². The van der Waals surface area contributed by atoms with E-state index in [0.29, 0.717) is 5.69 Å². The van der Waals surface area contributed by atoms with Gasteiger partial charge in [-0.05, 0) is 24.3 Å². The summed E-state index contributed by atoms with van der Waals surface area (Å²) in [6.07, 6.45) is 1.58. The van der Waals surface area contributed by atoms with Gasteiger partial charge in [-0.3, -0.25) is 25.2 Å². The summed E-state index contributed by atoms with van der Waals surface area (Å²) in [4.78, 5) is 37.5. The highest BCUT2D eigenvalue weighted by molar-refractivity contribution is 8.00. The molecule has 2 rings (SSSR count). The van der Waals surface area contributed by atoms with Crippen LogP contribution in [0.3, 0.4) is 0 Å². The Labute approximate surface area is 141 Å². The fraction of sp³-hybridized carbons (Fsp3) is 0.133. The van der Waals surface area contributed by atoms with Gasteiger partial charge in [0, 0.05) is 6.20 Å². The van der Waals surface area contributed by atoms with Crippen molar-refractivity contribution in [1.82, 2.24) is 15.8 Å². The van der Waals surface area contributed by atoms with Crippen LogP contribution in [0.2, 0.25) is 0 Å². The number of nitrogens with one attached hydrogen (secondary N) is 4. The molecular weight excluding hydrogens is 335 g/mol. The lowest BCUT2D eigenvalue weighted by Gasteiger charge is -2.07. The Bertz CT molecular complexity index is 721. The van der Waals surface area contributed by atoms with Crippen LogP contribution in [0.1, 0.15) is 10.5 Å². The van der Waals surface area contributed by atoms with E-state index in [9.17, 15) is 18.8 Å². The van der Waals surface area contributed by atoms with Crippen molar-refractivity contribution in [3.63, 3.8) is 0 Å². The van der Waals surface area contributed by atoms with Gasteiger partial charge < -0.3 is 10.3 Å². The molecule has 0 bridgehead atoms. The first-order valence-electron chi connectivity index (χ1n) is 6.91. The maximum Gasteiger partial charge on any atom is 0.286 e. The van der Waals surface area contributed by atoms with Gasteiger partial charge in [0.2, 0.25) is 11.8 Å². The zero-order valence-corrected chi connectivity index (χ0v) is 13.3. The molecule has 4 N–H and O–H groups in total. The van der Waals surface area contributed by atoms with Crippen molar-refractivity contribution in [1.29, 1.82) is 0 Å². The average Bonchev–Trinajstić information content (AvgIpc) is 3.09. The molecule has 24 heavy (non-hydrogen) atoms. The molecular formula is C15H15FN4O3S. The van der Waals surface area contributed by atoms with E-state index in [4.69, 9.17) is 0 Å². The first-order chi connectivity index (χ1) is 11.6. The van der Waals surface area contributed by atoms with Crippen molar-refractivity contribution >= 4 is 35.2 Å². The van der Waals surface area contributed by atoms with Crippen LogP contribution in [-0.2, 0) is 9.59 Å². The minimum atomic E-state index is -0.527. The molecule has 7 nitrogen and oxygen atoms in total. The molecule has 0 atom stereocenters. The predicted octanol–water partition coefficient (Wildman–Crippen LogP) is 1.29. The van der Waals surface area contributed by atoms with Crippen LogP contribution in [0.25, 0.3) is 0 Å². The lowest BCUT2D eigenvalue weighted by atomic mass is 10.3. The Morgan fingerprint density at radius 3 is 2.46 bits per heavy atom. The molecule has 0 aliphatic rings. The van der Waals surface area contributed by atoms with E-state index < -0.39 is 23.5 Å². The van der Waals surface area contributed by atoms with E-state index in [1.807, 2.05) is 0 Å². The zero-order valence-electron chi connectivity index (χ0n) is 12.5. The molecule has 1 heterocycles. The molecule has 1 aromatic carbocycles. The SMILES string of the molecule is O=C(CSCC(=O)Nc1ccccc1F)NNC(=O)c1ccc[nH]1.